The fourth-order valence-electron chi connectivity index (χ4n) is 2.71. The molecule has 0 saturated heterocycles. The Morgan fingerprint density at radius 3 is 2.93 bits per heavy atom. The van der Waals surface area contributed by atoms with Gasteiger partial charge >= 0.3 is 6.09 Å². The van der Waals surface area contributed by atoms with Gasteiger partial charge in [0, 0.05) is 12.1 Å². The van der Waals surface area contributed by atoms with Crippen LogP contribution in [0.4, 0.5) is 15.0 Å². The number of carbonyl (C=O) groups is 1. The molecule has 3 aromatic rings. The van der Waals surface area contributed by atoms with Crippen molar-refractivity contribution < 1.29 is 18.7 Å². The van der Waals surface area contributed by atoms with Crippen LogP contribution in [0.3, 0.4) is 0 Å². The van der Waals surface area contributed by atoms with Crippen molar-refractivity contribution in [2.45, 2.75) is 19.4 Å². The largest absolute Gasteiger partial charge is 0.493 e. The molecular weight excluding hydrogens is 401 g/mol. The van der Waals surface area contributed by atoms with Crippen LogP contribution in [0.15, 0.2) is 36.7 Å². The second-order valence-corrected chi connectivity index (χ2v) is 6.50. The highest BCUT2D eigenvalue weighted by Crippen LogP contribution is 2.28. The van der Waals surface area contributed by atoms with Crippen LogP contribution < -0.4 is 15.8 Å². The van der Waals surface area contributed by atoms with Gasteiger partial charge in [0.05, 0.1) is 12.1 Å². The van der Waals surface area contributed by atoms with Gasteiger partial charge in [-0.1, -0.05) is 11.6 Å². The van der Waals surface area contributed by atoms with E-state index in [2.05, 4.69) is 20.3 Å². The maximum atomic E-state index is 13.6. The number of halogens is 2. The molecule has 0 saturated carbocycles. The summed E-state index contributed by atoms with van der Waals surface area (Å²) in [6.45, 7) is 2.47. The quantitative estimate of drug-likeness (QED) is 0.421. The van der Waals surface area contributed by atoms with E-state index in [0.717, 1.165) is 0 Å². The maximum absolute atomic E-state index is 13.6. The topological polar surface area (TPSA) is 112 Å². The predicted octanol–water partition coefficient (Wildman–Crippen LogP) is 3.85. The van der Waals surface area contributed by atoms with Crippen molar-refractivity contribution in [3.05, 3.63) is 53.2 Å². The van der Waals surface area contributed by atoms with Gasteiger partial charge < -0.3 is 20.5 Å². The number of hydrogen-bond acceptors (Lipinski definition) is 7. The van der Waals surface area contributed by atoms with E-state index >= 15 is 0 Å². The summed E-state index contributed by atoms with van der Waals surface area (Å²) in [5, 5.41) is 3.53. The normalized spacial score (nSPS) is 11.8. The Balaban J connectivity index is 1.58. The van der Waals surface area contributed by atoms with Crippen molar-refractivity contribution in [3.63, 3.8) is 0 Å². The van der Waals surface area contributed by atoms with Crippen molar-refractivity contribution in [2.75, 3.05) is 18.5 Å². The van der Waals surface area contributed by atoms with Gasteiger partial charge in [-0.15, -0.1) is 0 Å². The molecule has 152 valence electrons. The number of amides is 1. The third-order valence-electron chi connectivity index (χ3n) is 4.02. The van der Waals surface area contributed by atoms with Crippen LogP contribution in [0.25, 0.3) is 11.0 Å². The van der Waals surface area contributed by atoms with E-state index in [9.17, 15) is 9.18 Å². The number of nitrogens with one attached hydrogen (secondary N) is 1. The summed E-state index contributed by atoms with van der Waals surface area (Å²) in [5.41, 5.74) is 6.70. The molecule has 8 nitrogen and oxygen atoms in total. The van der Waals surface area contributed by atoms with Crippen LogP contribution in [-0.4, -0.2) is 34.2 Å². The number of nitrogens with zero attached hydrogens (tertiary/aromatic N) is 3. The Morgan fingerprint density at radius 1 is 1.31 bits per heavy atom. The lowest BCUT2D eigenvalue weighted by molar-refractivity contribution is 0.114. The lowest BCUT2D eigenvalue weighted by Crippen LogP contribution is -2.16. The summed E-state index contributed by atoms with van der Waals surface area (Å²) in [7, 11) is 0. The van der Waals surface area contributed by atoms with Crippen LogP contribution in [0.2, 0.25) is 5.15 Å². The molecule has 1 atom stereocenters. The number of hydrogen-bond donors (Lipinski definition) is 2. The number of benzene rings is 1. The Morgan fingerprint density at radius 2 is 2.14 bits per heavy atom. The molecule has 3 N–H and O–H groups in total. The number of aromatic nitrogens is 3. The van der Waals surface area contributed by atoms with E-state index < -0.39 is 18.0 Å². The first-order valence-corrected chi connectivity index (χ1v) is 9.21. The second-order valence-electron chi connectivity index (χ2n) is 6.11. The zero-order chi connectivity index (χ0) is 20.8. The van der Waals surface area contributed by atoms with Gasteiger partial charge in [-0.25, -0.2) is 24.1 Å². The van der Waals surface area contributed by atoms with E-state index in [1.54, 1.807) is 19.1 Å². The fraction of sp³-hybridized carbons (Fsp3) is 0.263. The van der Waals surface area contributed by atoms with Crippen LogP contribution >= 0.6 is 11.6 Å². The van der Waals surface area contributed by atoms with Crippen LogP contribution in [0, 0.1) is 5.82 Å². The van der Waals surface area contributed by atoms with E-state index in [0.29, 0.717) is 52.9 Å². The molecule has 10 heteroatoms. The van der Waals surface area contributed by atoms with Gasteiger partial charge in [0.2, 0.25) is 0 Å². The smallest absolute Gasteiger partial charge is 0.405 e. The van der Waals surface area contributed by atoms with Crippen molar-refractivity contribution in [3.8, 4) is 5.75 Å². The number of pyridine rings is 1. The molecule has 2 aromatic heterocycles. The molecular formula is C19H19ClFN5O3. The summed E-state index contributed by atoms with van der Waals surface area (Å²) in [4.78, 5) is 23.5. The summed E-state index contributed by atoms with van der Waals surface area (Å²) >= 11 is 5.94. The predicted molar refractivity (Wildman–Crippen MR) is 106 cm³/mol. The number of rotatable bonds is 8. The SMILES string of the molecule is C[C@@H](OC(N)=O)c1cc(F)ccc1OCCCNc1ncnc2ccc(Cl)nc12. The summed E-state index contributed by atoms with van der Waals surface area (Å²) in [5.74, 6) is 0.528. The molecule has 0 aliphatic carbocycles. The van der Waals surface area contributed by atoms with Crippen molar-refractivity contribution in [1.82, 2.24) is 15.0 Å². The van der Waals surface area contributed by atoms with Crippen molar-refractivity contribution in [2.24, 2.45) is 5.73 Å². The Hall–Kier alpha value is -3.20. The minimum Gasteiger partial charge on any atom is -0.493 e. The van der Waals surface area contributed by atoms with Gasteiger partial charge in [0.1, 0.15) is 34.7 Å². The zero-order valence-electron chi connectivity index (χ0n) is 15.6. The Bertz CT molecular complexity index is 1020. The molecule has 2 heterocycles. The summed E-state index contributed by atoms with van der Waals surface area (Å²) < 4.78 is 24.2. The third-order valence-corrected chi connectivity index (χ3v) is 4.23. The molecule has 0 spiro atoms. The van der Waals surface area contributed by atoms with Crippen LogP contribution in [0.1, 0.15) is 25.0 Å². The molecule has 0 radical (unpaired) electrons. The Kier molecular flexibility index (Phi) is 6.61. The van der Waals surface area contributed by atoms with Gasteiger partial charge in [-0.2, -0.15) is 0 Å². The summed E-state index contributed by atoms with van der Waals surface area (Å²) in [6, 6.07) is 7.45. The fourth-order valence-corrected chi connectivity index (χ4v) is 2.86. The first-order valence-electron chi connectivity index (χ1n) is 8.83. The maximum Gasteiger partial charge on any atom is 0.405 e. The first-order chi connectivity index (χ1) is 13.9. The van der Waals surface area contributed by atoms with Gasteiger partial charge in [0.25, 0.3) is 0 Å². The van der Waals surface area contributed by atoms with Crippen LogP contribution in [-0.2, 0) is 4.74 Å². The van der Waals surface area contributed by atoms with Crippen molar-refractivity contribution in [1.29, 1.82) is 0 Å². The standard InChI is InChI=1S/C19H19ClFN5O3/c1-11(29-19(22)27)13-9-12(21)3-5-15(13)28-8-2-7-23-18-17-14(24-10-25-18)4-6-16(20)26-17/h3-6,9-11H,2,7-8H2,1H3,(H2,22,27)(H,23,24,25)/t11-/m1/s1. The van der Waals surface area contributed by atoms with E-state index in [1.165, 1.54) is 24.5 Å². The number of anilines is 1. The van der Waals surface area contributed by atoms with Crippen molar-refractivity contribution >= 4 is 34.5 Å². The monoisotopic (exact) mass is 419 g/mol. The molecule has 0 aliphatic heterocycles. The minimum absolute atomic E-state index is 0.339. The van der Waals surface area contributed by atoms with Gasteiger partial charge in [-0.05, 0) is 43.7 Å². The second kappa shape index (κ2) is 9.33. The number of nitrogens with two attached hydrogens (primary N) is 1. The molecule has 0 unspecified atom stereocenters. The average molecular weight is 420 g/mol. The molecule has 1 aromatic carbocycles. The zero-order valence-corrected chi connectivity index (χ0v) is 16.3. The molecule has 0 aliphatic rings. The molecule has 0 bridgehead atoms. The highest BCUT2D eigenvalue weighted by Gasteiger charge is 2.16. The molecule has 3 rings (SSSR count). The van der Waals surface area contributed by atoms with E-state index in [1.807, 2.05) is 0 Å². The molecule has 29 heavy (non-hydrogen) atoms. The highest BCUT2D eigenvalue weighted by molar-refractivity contribution is 6.29. The number of primary amides is 1. The summed E-state index contributed by atoms with van der Waals surface area (Å²) in [6.07, 6.45) is 0.387. The molecule has 1 amide bonds. The van der Waals surface area contributed by atoms with E-state index in [-0.39, 0.29) is 0 Å². The third kappa shape index (κ3) is 5.41. The van der Waals surface area contributed by atoms with E-state index in [4.69, 9.17) is 26.8 Å². The lowest BCUT2D eigenvalue weighted by Gasteiger charge is -2.17. The number of fused-ring (bicyclic) bond motifs is 1. The highest BCUT2D eigenvalue weighted by atomic mass is 35.5. The van der Waals surface area contributed by atoms with Gasteiger partial charge in [-0.3, -0.25) is 0 Å². The number of ether oxygens (including phenoxy) is 2. The molecule has 0 fully saturated rings. The first kappa shape index (κ1) is 20.5. The lowest BCUT2D eigenvalue weighted by atomic mass is 10.1. The minimum atomic E-state index is -0.942. The average Bonchev–Trinajstić information content (AvgIpc) is 2.68. The van der Waals surface area contributed by atoms with Crippen LogP contribution in [0.5, 0.6) is 5.75 Å². The van der Waals surface area contributed by atoms with Gasteiger partial charge in [0.15, 0.2) is 5.82 Å². The Labute approximate surface area is 171 Å². The number of carbonyl (C=O) groups excluding carboxylic acids is 1.